The minimum Gasteiger partial charge on any atom is -0.481 e. The average Bonchev–Trinajstić information content (AvgIpc) is 3.32. The molecule has 40 heavy (non-hydrogen) atoms. The normalized spacial score (nSPS) is 14.4. The van der Waals surface area contributed by atoms with Crippen molar-refractivity contribution in [2.75, 3.05) is 20.1 Å². The summed E-state index contributed by atoms with van der Waals surface area (Å²) < 4.78 is 2.10. The Labute approximate surface area is 243 Å². The molecule has 0 radical (unpaired) electrons. The first-order valence-corrected chi connectivity index (χ1v) is 15.1. The number of likely N-dealkylation sites (N-methyl/N-ethyl adjacent to an activating group) is 1. The number of aromatic nitrogens is 1. The number of nitrogens with one attached hydrogen (secondary N) is 1. The van der Waals surface area contributed by atoms with Crippen molar-refractivity contribution < 1.29 is 15.0 Å². The third-order valence-corrected chi connectivity index (χ3v) is 8.67. The zero-order chi connectivity index (χ0) is 28.7. The highest BCUT2D eigenvalue weighted by atomic mass is 32.2. The van der Waals surface area contributed by atoms with Crippen molar-refractivity contribution in [1.29, 1.82) is 0 Å². The number of carboxylic acid groups (broad SMARTS) is 1. The van der Waals surface area contributed by atoms with Crippen LogP contribution in [0.1, 0.15) is 56.0 Å². The van der Waals surface area contributed by atoms with Crippen LogP contribution in [0, 0.1) is 5.92 Å². The SMILES string of the molecule is CCc1cc(-c2cccc(CCC(=O)O)n2)ccc1SN(C)C[C@H](O)CNC(C)(C)CC1Cc2ccccc2C1. The van der Waals surface area contributed by atoms with Crippen LogP contribution in [0.15, 0.2) is 65.6 Å². The van der Waals surface area contributed by atoms with E-state index in [0.717, 1.165) is 47.5 Å². The van der Waals surface area contributed by atoms with E-state index >= 15 is 0 Å². The lowest BCUT2D eigenvalue weighted by Crippen LogP contribution is -2.46. The Bertz CT molecular complexity index is 1270. The number of benzene rings is 2. The van der Waals surface area contributed by atoms with Crippen LogP contribution in [0.25, 0.3) is 11.3 Å². The molecule has 2 aromatic carbocycles. The van der Waals surface area contributed by atoms with Gasteiger partial charge >= 0.3 is 5.97 Å². The lowest BCUT2D eigenvalue weighted by Gasteiger charge is -2.31. The largest absolute Gasteiger partial charge is 0.481 e. The molecule has 1 atom stereocenters. The Morgan fingerprint density at radius 1 is 1.12 bits per heavy atom. The van der Waals surface area contributed by atoms with Gasteiger partial charge in [-0.2, -0.15) is 0 Å². The molecule has 7 heteroatoms. The van der Waals surface area contributed by atoms with Crippen molar-refractivity contribution in [3.05, 3.63) is 83.0 Å². The Kier molecular flexibility index (Phi) is 10.4. The van der Waals surface area contributed by atoms with Gasteiger partial charge in [0.1, 0.15) is 0 Å². The fourth-order valence-electron chi connectivity index (χ4n) is 5.67. The molecule has 1 heterocycles. The molecule has 0 spiro atoms. The number of hydrogen-bond acceptors (Lipinski definition) is 6. The van der Waals surface area contributed by atoms with Crippen molar-refractivity contribution >= 4 is 17.9 Å². The molecular formula is C33H43N3O3S. The van der Waals surface area contributed by atoms with Crippen LogP contribution in [-0.2, 0) is 30.5 Å². The third-order valence-electron chi connectivity index (χ3n) is 7.61. The first-order valence-electron chi connectivity index (χ1n) is 14.3. The molecule has 4 rings (SSSR count). The van der Waals surface area contributed by atoms with Gasteiger partial charge in [-0.25, -0.2) is 4.31 Å². The summed E-state index contributed by atoms with van der Waals surface area (Å²) in [6.07, 6.45) is 4.29. The maximum Gasteiger partial charge on any atom is 0.303 e. The molecule has 1 aromatic heterocycles. The molecule has 0 unspecified atom stereocenters. The number of nitrogens with zero attached hydrogens (tertiary/aromatic N) is 2. The van der Waals surface area contributed by atoms with Crippen molar-refractivity contribution in [1.82, 2.24) is 14.6 Å². The summed E-state index contributed by atoms with van der Waals surface area (Å²) in [7, 11) is 2.02. The second-order valence-corrected chi connectivity index (χ2v) is 12.9. The molecule has 6 nitrogen and oxygen atoms in total. The van der Waals surface area contributed by atoms with Gasteiger partial charge in [-0.15, -0.1) is 0 Å². The van der Waals surface area contributed by atoms with E-state index in [1.54, 1.807) is 11.9 Å². The summed E-state index contributed by atoms with van der Waals surface area (Å²) in [4.78, 5) is 16.8. The molecular weight excluding hydrogens is 518 g/mol. The van der Waals surface area contributed by atoms with Gasteiger partial charge in [0.25, 0.3) is 0 Å². The number of carboxylic acids is 1. The third kappa shape index (κ3) is 8.64. The summed E-state index contributed by atoms with van der Waals surface area (Å²) in [5.41, 5.74) is 6.83. The number of pyridine rings is 1. The quantitative estimate of drug-likeness (QED) is 0.215. The van der Waals surface area contributed by atoms with Gasteiger partial charge in [-0.05, 0) is 105 Å². The number of carbonyl (C=O) groups is 1. The molecule has 1 aliphatic carbocycles. The Hall–Kier alpha value is -2.71. The molecule has 0 bridgehead atoms. The summed E-state index contributed by atoms with van der Waals surface area (Å²) in [6.45, 7) is 7.74. The number of fused-ring (bicyclic) bond motifs is 1. The van der Waals surface area contributed by atoms with Crippen LogP contribution in [0.3, 0.4) is 0 Å². The van der Waals surface area contributed by atoms with Crippen LogP contribution in [0.5, 0.6) is 0 Å². The first-order chi connectivity index (χ1) is 19.1. The van der Waals surface area contributed by atoms with Gasteiger partial charge in [-0.1, -0.05) is 43.3 Å². The highest BCUT2D eigenvalue weighted by Gasteiger charge is 2.28. The summed E-state index contributed by atoms with van der Waals surface area (Å²) >= 11 is 1.65. The lowest BCUT2D eigenvalue weighted by atomic mass is 9.88. The minimum atomic E-state index is -0.814. The van der Waals surface area contributed by atoms with Crippen molar-refractivity contribution in [3.63, 3.8) is 0 Å². The number of aliphatic carboxylic acids is 1. The number of hydrogen-bond donors (Lipinski definition) is 3. The number of aliphatic hydroxyl groups is 1. The molecule has 0 saturated carbocycles. The van der Waals surface area contributed by atoms with Gasteiger partial charge in [0, 0.05) is 41.2 Å². The van der Waals surface area contributed by atoms with E-state index < -0.39 is 12.1 Å². The maximum atomic E-state index is 10.9. The number of aliphatic hydroxyl groups excluding tert-OH is 1. The highest BCUT2D eigenvalue weighted by Crippen LogP contribution is 2.32. The average molecular weight is 562 g/mol. The zero-order valence-corrected chi connectivity index (χ0v) is 25.0. The van der Waals surface area contributed by atoms with Gasteiger partial charge in [-0.3, -0.25) is 9.78 Å². The predicted molar refractivity (Wildman–Crippen MR) is 164 cm³/mol. The number of aryl methyl sites for hydroxylation is 2. The lowest BCUT2D eigenvalue weighted by molar-refractivity contribution is -0.136. The number of β-amino-alcohol motifs (C(OH)–C–C–N with tert-alkyl or cyclic N) is 1. The van der Waals surface area contributed by atoms with Crippen LogP contribution >= 0.6 is 11.9 Å². The summed E-state index contributed by atoms with van der Waals surface area (Å²) in [5.74, 6) is -0.167. The molecule has 0 saturated heterocycles. The topological polar surface area (TPSA) is 85.7 Å². The molecule has 3 N–H and O–H groups in total. The van der Waals surface area contributed by atoms with Crippen molar-refractivity contribution in [2.45, 2.75) is 75.8 Å². The second kappa shape index (κ2) is 13.8. The first kappa shape index (κ1) is 30.3. The molecule has 3 aromatic rings. The van der Waals surface area contributed by atoms with E-state index in [1.165, 1.54) is 16.7 Å². The smallest absolute Gasteiger partial charge is 0.303 e. The minimum absolute atomic E-state index is 0.0381. The van der Waals surface area contributed by atoms with Gasteiger partial charge < -0.3 is 15.5 Å². The maximum absolute atomic E-state index is 10.9. The highest BCUT2D eigenvalue weighted by molar-refractivity contribution is 7.97. The van der Waals surface area contributed by atoms with Crippen LogP contribution in [0.2, 0.25) is 0 Å². The van der Waals surface area contributed by atoms with Crippen LogP contribution < -0.4 is 5.32 Å². The van der Waals surface area contributed by atoms with Crippen molar-refractivity contribution in [2.24, 2.45) is 5.92 Å². The second-order valence-electron chi connectivity index (χ2n) is 11.7. The molecule has 1 aliphatic rings. The standard InChI is InChI=1S/C33H43N3O3S/c1-5-24-19-27(30-12-8-11-28(35-30)14-16-32(38)39)13-15-31(24)40-36(4)22-29(37)21-34-33(2,3)20-23-17-25-9-6-7-10-26(25)18-23/h6-13,15,19,23,29,34,37H,5,14,16-18,20-22H2,1-4H3,(H,38,39)/t29-/m1/s1. The van der Waals surface area contributed by atoms with Crippen LogP contribution in [0.4, 0.5) is 0 Å². The van der Waals surface area contributed by atoms with E-state index in [4.69, 9.17) is 5.11 Å². The molecule has 0 aliphatic heterocycles. The zero-order valence-electron chi connectivity index (χ0n) is 24.2. The van der Waals surface area contributed by atoms with Gasteiger partial charge in [0.05, 0.1) is 18.2 Å². The van der Waals surface area contributed by atoms with E-state index in [1.807, 2.05) is 25.2 Å². The van der Waals surface area contributed by atoms with E-state index in [-0.39, 0.29) is 12.0 Å². The molecule has 0 amide bonds. The molecule has 214 valence electrons. The Morgan fingerprint density at radius 2 is 1.85 bits per heavy atom. The predicted octanol–water partition coefficient (Wildman–Crippen LogP) is 5.80. The van der Waals surface area contributed by atoms with E-state index in [9.17, 15) is 9.90 Å². The monoisotopic (exact) mass is 561 g/mol. The van der Waals surface area contributed by atoms with E-state index in [2.05, 4.69) is 77.8 Å². The van der Waals surface area contributed by atoms with Crippen molar-refractivity contribution in [3.8, 4) is 11.3 Å². The van der Waals surface area contributed by atoms with Crippen LogP contribution in [-0.4, -0.2) is 57.3 Å². The van der Waals surface area contributed by atoms with Gasteiger partial charge in [0.2, 0.25) is 0 Å². The fourth-order valence-corrected chi connectivity index (χ4v) is 6.70. The summed E-state index contributed by atoms with van der Waals surface area (Å²) in [6, 6.07) is 20.9. The Balaban J connectivity index is 1.28. The summed E-state index contributed by atoms with van der Waals surface area (Å²) in [5, 5.41) is 23.4. The fraction of sp³-hybridized carbons (Fsp3) is 0.455. The van der Waals surface area contributed by atoms with E-state index in [0.29, 0.717) is 25.4 Å². The Morgan fingerprint density at radius 3 is 2.52 bits per heavy atom. The molecule has 0 fully saturated rings. The van der Waals surface area contributed by atoms with Gasteiger partial charge in [0.15, 0.2) is 0 Å². The number of rotatable bonds is 14.